The number of aryl methyl sites for hydroxylation is 2. The predicted molar refractivity (Wildman–Crippen MR) is 101 cm³/mol. The number of fused-ring (bicyclic) bond motifs is 3. The fraction of sp³-hybridized carbons (Fsp3) is 0.100. The van der Waals surface area contributed by atoms with E-state index in [1.54, 1.807) is 12.4 Å². The number of halogens is 1. The van der Waals surface area contributed by atoms with Crippen LogP contribution in [0.5, 0.6) is 0 Å². The van der Waals surface area contributed by atoms with E-state index in [2.05, 4.69) is 20.1 Å². The quantitative estimate of drug-likeness (QED) is 0.294. The Morgan fingerprint density at radius 3 is 2.79 bits per heavy atom. The van der Waals surface area contributed by atoms with Gasteiger partial charge in [-0.2, -0.15) is 0 Å². The van der Waals surface area contributed by atoms with Gasteiger partial charge >= 0.3 is 170 Å². The molecule has 0 aliphatic heterocycles. The Morgan fingerprint density at radius 1 is 1.14 bits per heavy atom. The van der Waals surface area contributed by atoms with Crippen LogP contribution >= 0.6 is 0 Å². The van der Waals surface area contributed by atoms with Crippen molar-refractivity contribution in [3.8, 4) is 11.1 Å². The molecule has 0 amide bonds. The molecule has 4 aromatic heterocycles. The first-order valence-electron chi connectivity index (χ1n) is 8.65. The first-order valence-corrected chi connectivity index (χ1v) is 10.7. The molecule has 0 bridgehead atoms. The standard InChI is InChI=1S/C20H15IN5O2/c1-11-18(12(2)28-25-11)13-6-7-14-15(9-13)23-10-16-19(14)26(20(27)24-16)21-17-5-3-4-8-22-17/h3-10H,1-2H3,(H,24,27)/q-1. The van der Waals surface area contributed by atoms with Crippen LogP contribution in [-0.4, -0.2) is 22.9 Å². The van der Waals surface area contributed by atoms with E-state index < -0.39 is 21.5 Å². The number of aromatic nitrogens is 5. The van der Waals surface area contributed by atoms with Gasteiger partial charge in [-0.05, 0) is 0 Å². The first-order chi connectivity index (χ1) is 13.6. The second kappa shape index (κ2) is 6.55. The van der Waals surface area contributed by atoms with Crippen LogP contribution in [0, 0.1) is 17.5 Å². The maximum absolute atomic E-state index is 12.6. The van der Waals surface area contributed by atoms with Crippen LogP contribution in [0.4, 0.5) is 0 Å². The number of benzene rings is 1. The third-order valence-corrected chi connectivity index (χ3v) is 7.11. The van der Waals surface area contributed by atoms with Gasteiger partial charge in [0.15, 0.2) is 0 Å². The summed E-state index contributed by atoms with van der Waals surface area (Å²) < 4.78 is 8.05. The summed E-state index contributed by atoms with van der Waals surface area (Å²) in [6.45, 7) is 3.82. The molecule has 0 unspecified atom stereocenters. The summed E-state index contributed by atoms with van der Waals surface area (Å²) in [5.74, 6) is 0.775. The first kappa shape index (κ1) is 17.1. The zero-order valence-electron chi connectivity index (χ0n) is 15.1. The Labute approximate surface area is 170 Å². The second-order valence-electron chi connectivity index (χ2n) is 6.40. The second-order valence-corrected chi connectivity index (χ2v) is 8.95. The number of nitrogens with one attached hydrogen (secondary N) is 1. The van der Waals surface area contributed by atoms with Crippen LogP contribution in [0.25, 0.3) is 33.1 Å². The third kappa shape index (κ3) is 2.71. The van der Waals surface area contributed by atoms with Crippen molar-refractivity contribution in [3.63, 3.8) is 0 Å². The molecule has 5 rings (SSSR count). The zero-order valence-corrected chi connectivity index (χ0v) is 17.3. The number of rotatable bonds is 3. The van der Waals surface area contributed by atoms with Gasteiger partial charge in [0.2, 0.25) is 0 Å². The molecule has 4 heterocycles. The maximum atomic E-state index is 12.6. The molecule has 0 saturated carbocycles. The van der Waals surface area contributed by atoms with E-state index in [9.17, 15) is 4.79 Å². The zero-order chi connectivity index (χ0) is 19.3. The minimum atomic E-state index is -0.779. The Hall–Kier alpha value is -3.01. The van der Waals surface area contributed by atoms with Crippen LogP contribution in [0.3, 0.4) is 0 Å². The van der Waals surface area contributed by atoms with Crippen LogP contribution < -0.4 is 27.2 Å². The van der Waals surface area contributed by atoms with Gasteiger partial charge in [-0.25, -0.2) is 0 Å². The molecular weight excluding hydrogens is 469 g/mol. The van der Waals surface area contributed by atoms with Gasteiger partial charge in [0, 0.05) is 0 Å². The van der Waals surface area contributed by atoms with E-state index in [1.165, 1.54) is 0 Å². The fourth-order valence-electron chi connectivity index (χ4n) is 3.36. The molecule has 0 saturated heterocycles. The van der Waals surface area contributed by atoms with Crippen molar-refractivity contribution in [1.29, 1.82) is 0 Å². The molecule has 0 aliphatic rings. The number of H-pyrrole nitrogens is 1. The van der Waals surface area contributed by atoms with E-state index in [-0.39, 0.29) is 5.69 Å². The molecule has 0 fully saturated rings. The average Bonchev–Trinajstić information content (AvgIpc) is 3.21. The minimum absolute atomic E-state index is 0.127. The summed E-state index contributed by atoms with van der Waals surface area (Å²) >= 11 is -0.779. The predicted octanol–water partition coefficient (Wildman–Crippen LogP) is 0.267. The number of aromatic amines is 1. The SMILES string of the molecule is Cc1noc(C)c1-c1ccc2c(c1)ncc1[nH]c(=O)n([I-]c3ccccn3)c12. The monoisotopic (exact) mass is 484 g/mol. The van der Waals surface area contributed by atoms with Crippen molar-refractivity contribution in [2.45, 2.75) is 13.8 Å². The molecule has 0 spiro atoms. The molecule has 7 nitrogen and oxygen atoms in total. The number of hydrogen-bond donors (Lipinski definition) is 1. The van der Waals surface area contributed by atoms with Gasteiger partial charge in [0.1, 0.15) is 0 Å². The Balaban J connectivity index is 1.72. The van der Waals surface area contributed by atoms with Crippen LogP contribution in [0.1, 0.15) is 11.5 Å². The topological polar surface area (TPSA) is 89.6 Å². The summed E-state index contributed by atoms with van der Waals surface area (Å²) in [5.41, 5.74) is 5.13. The van der Waals surface area contributed by atoms with E-state index in [0.717, 1.165) is 48.2 Å². The molecule has 8 heteroatoms. The summed E-state index contributed by atoms with van der Waals surface area (Å²) in [6, 6.07) is 11.8. The molecule has 0 aliphatic carbocycles. The van der Waals surface area contributed by atoms with Crippen LogP contribution in [0.2, 0.25) is 0 Å². The normalized spacial score (nSPS) is 11.6. The number of nitrogens with zero attached hydrogens (tertiary/aromatic N) is 4. The van der Waals surface area contributed by atoms with Crippen LogP contribution in [-0.2, 0) is 0 Å². The van der Waals surface area contributed by atoms with Gasteiger partial charge in [-0.1, -0.05) is 0 Å². The van der Waals surface area contributed by atoms with Gasteiger partial charge in [-0.3, -0.25) is 0 Å². The van der Waals surface area contributed by atoms with Gasteiger partial charge in [0.25, 0.3) is 0 Å². The van der Waals surface area contributed by atoms with Crippen LogP contribution in [0.15, 0.2) is 58.1 Å². The summed E-state index contributed by atoms with van der Waals surface area (Å²) in [6.07, 6.45) is 3.47. The number of pyridine rings is 2. The van der Waals surface area contributed by atoms with Gasteiger partial charge in [0.05, 0.1) is 0 Å². The summed E-state index contributed by atoms with van der Waals surface area (Å²) in [4.78, 5) is 24.5. The number of hydrogen-bond acceptors (Lipinski definition) is 5. The molecule has 1 N–H and O–H groups in total. The van der Waals surface area contributed by atoms with E-state index in [0.29, 0.717) is 0 Å². The van der Waals surface area contributed by atoms with E-state index in [1.807, 2.05) is 53.0 Å². The van der Waals surface area contributed by atoms with E-state index in [4.69, 9.17) is 4.52 Å². The molecule has 0 atom stereocenters. The Bertz CT molecular complexity index is 1370. The van der Waals surface area contributed by atoms with Gasteiger partial charge < -0.3 is 0 Å². The Kier molecular flexibility index (Phi) is 4.00. The van der Waals surface area contributed by atoms with Crippen molar-refractivity contribution in [2.75, 3.05) is 0 Å². The average molecular weight is 484 g/mol. The van der Waals surface area contributed by atoms with Crippen molar-refractivity contribution >= 4 is 21.9 Å². The molecule has 140 valence electrons. The van der Waals surface area contributed by atoms with Crippen molar-refractivity contribution in [1.82, 2.24) is 22.9 Å². The molecule has 0 radical (unpaired) electrons. The molecule has 1 aromatic carbocycles. The number of imidazole rings is 1. The summed E-state index contributed by atoms with van der Waals surface area (Å²) in [7, 11) is 0. The fourth-order valence-corrected chi connectivity index (χ4v) is 5.61. The summed E-state index contributed by atoms with van der Waals surface area (Å²) in [5, 5.41) is 4.97. The van der Waals surface area contributed by atoms with Crippen molar-refractivity contribution in [3.05, 3.63) is 74.4 Å². The van der Waals surface area contributed by atoms with E-state index >= 15 is 0 Å². The Morgan fingerprint density at radius 2 is 2.04 bits per heavy atom. The van der Waals surface area contributed by atoms with Gasteiger partial charge in [-0.15, -0.1) is 0 Å². The van der Waals surface area contributed by atoms with Crippen molar-refractivity contribution in [2.24, 2.45) is 0 Å². The molecular formula is C20H15IN5O2-. The molecule has 5 aromatic rings. The molecule has 28 heavy (non-hydrogen) atoms. The third-order valence-electron chi connectivity index (χ3n) is 4.58. The van der Waals surface area contributed by atoms with Crippen molar-refractivity contribution < 1.29 is 26.0 Å².